The van der Waals surface area contributed by atoms with Crippen molar-refractivity contribution < 1.29 is 0 Å². The van der Waals surface area contributed by atoms with E-state index in [0.29, 0.717) is 0 Å². The zero-order valence-electron chi connectivity index (χ0n) is 7.58. The van der Waals surface area contributed by atoms with Gasteiger partial charge in [-0.25, -0.2) is 0 Å². The molecule has 0 amide bonds. The van der Waals surface area contributed by atoms with Crippen LogP contribution in [0.4, 0.5) is 0 Å². The van der Waals surface area contributed by atoms with Crippen LogP contribution in [0.5, 0.6) is 0 Å². The highest BCUT2D eigenvalue weighted by Crippen LogP contribution is 1.93. The van der Waals surface area contributed by atoms with Gasteiger partial charge in [-0.1, -0.05) is 6.92 Å². The van der Waals surface area contributed by atoms with Crippen LogP contribution in [0.1, 0.15) is 6.92 Å². The maximum Gasteiger partial charge on any atom is 0.179 e. The lowest BCUT2D eigenvalue weighted by Gasteiger charge is -2.02. The molecule has 0 bridgehead atoms. The van der Waals surface area contributed by atoms with Crippen LogP contribution in [0.25, 0.3) is 0 Å². The molecule has 12 heavy (non-hydrogen) atoms. The number of nitrogens with one attached hydrogen (secondary N) is 1. The second-order valence-electron chi connectivity index (χ2n) is 2.74. The first-order valence-electron chi connectivity index (χ1n) is 4.18. The van der Waals surface area contributed by atoms with E-state index in [4.69, 9.17) is 12.2 Å². The third-order valence-electron chi connectivity index (χ3n) is 1.80. The van der Waals surface area contributed by atoms with Gasteiger partial charge in [-0.3, -0.25) is 0 Å². The van der Waals surface area contributed by atoms with Crippen LogP contribution in [0.15, 0.2) is 12.4 Å². The summed E-state index contributed by atoms with van der Waals surface area (Å²) in [5.41, 5.74) is 0. The Labute approximate surface area is 78.0 Å². The molecule has 0 aliphatic heterocycles. The molecule has 0 aliphatic carbocycles. The minimum Gasteiger partial charge on any atom is -0.327 e. The Bertz CT molecular complexity index is 287. The lowest BCUT2D eigenvalue weighted by molar-refractivity contribution is 0.601. The van der Waals surface area contributed by atoms with E-state index in [0.717, 1.165) is 24.4 Å². The molecule has 1 aromatic rings. The second kappa shape index (κ2) is 4.42. The molecule has 0 aromatic carbocycles. The Kier molecular flexibility index (Phi) is 3.49. The molecule has 0 atom stereocenters. The zero-order valence-corrected chi connectivity index (χ0v) is 8.40. The smallest absolute Gasteiger partial charge is 0.179 e. The SMILES string of the molecule is CCNCCn1ccn(C)c1=S. The average molecular weight is 185 g/mol. The number of imidazole rings is 1. The molecule has 1 heterocycles. The summed E-state index contributed by atoms with van der Waals surface area (Å²) in [7, 11) is 1.96. The fraction of sp³-hybridized carbons (Fsp3) is 0.625. The van der Waals surface area contributed by atoms with Crippen LogP contribution in [-0.2, 0) is 13.6 Å². The second-order valence-corrected chi connectivity index (χ2v) is 3.10. The Balaban J connectivity index is 2.52. The van der Waals surface area contributed by atoms with Crippen molar-refractivity contribution in [2.45, 2.75) is 13.5 Å². The lowest BCUT2D eigenvalue weighted by atomic mass is 10.6. The van der Waals surface area contributed by atoms with Crippen LogP contribution in [0, 0.1) is 4.77 Å². The highest BCUT2D eigenvalue weighted by Gasteiger charge is 1.93. The predicted molar refractivity (Wildman–Crippen MR) is 52.8 cm³/mol. The number of aromatic nitrogens is 2. The zero-order chi connectivity index (χ0) is 8.97. The topological polar surface area (TPSA) is 21.9 Å². The monoisotopic (exact) mass is 185 g/mol. The average Bonchev–Trinajstić information content (AvgIpc) is 2.36. The molecule has 0 aliphatic rings. The van der Waals surface area contributed by atoms with Crippen molar-refractivity contribution in [3.63, 3.8) is 0 Å². The van der Waals surface area contributed by atoms with E-state index in [1.54, 1.807) is 0 Å². The van der Waals surface area contributed by atoms with Crippen LogP contribution in [-0.4, -0.2) is 22.2 Å². The summed E-state index contributed by atoms with van der Waals surface area (Å²) in [6.45, 7) is 5.05. The van der Waals surface area contributed by atoms with Gasteiger partial charge in [0, 0.05) is 32.5 Å². The maximum absolute atomic E-state index is 5.17. The molecule has 0 saturated heterocycles. The van der Waals surface area contributed by atoms with Gasteiger partial charge < -0.3 is 14.5 Å². The molecule has 1 rings (SSSR count). The maximum atomic E-state index is 5.17. The van der Waals surface area contributed by atoms with E-state index >= 15 is 0 Å². The molecule has 0 spiro atoms. The summed E-state index contributed by atoms with van der Waals surface area (Å²) in [6, 6.07) is 0. The van der Waals surface area contributed by atoms with Crippen molar-refractivity contribution in [3.05, 3.63) is 17.2 Å². The van der Waals surface area contributed by atoms with Gasteiger partial charge in [0.05, 0.1) is 0 Å². The number of hydrogen-bond donors (Lipinski definition) is 1. The molecular formula is C8H15N3S. The molecule has 0 unspecified atom stereocenters. The Morgan fingerprint density at radius 2 is 2.25 bits per heavy atom. The third kappa shape index (κ3) is 2.19. The van der Waals surface area contributed by atoms with Gasteiger partial charge in [-0.15, -0.1) is 0 Å². The highest BCUT2D eigenvalue weighted by atomic mass is 32.1. The van der Waals surface area contributed by atoms with E-state index in [9.17, 15) is 0 Å². The van der Waals surface area contributed by atoms with Gasteiger partial charge in [0.25, 0.3) is 0 Å². The largest absolute Gasteiger partial charge is 0.327 e. The minimum absolute atomic E-state index is 0.882. The quantitative estimate of drug-likeness (QED) is 0.562. The van der Waals surface area contributed by atoms with Crippen LogP contribution < -0.4 is 5.32 Å². The van der Waals surface area contributed by atoms with E-state index < -0.39 is 0 Å². The number of nitrogens with zero attached hydrogens (tertiary/aromatic N) is 2. The van der Waals surface area contributed by atoms with E-state index in [1.165, 1.54) is 0 Å². The number of aryl methyl sites for hydroxylation is 1. The summed E-state index contributed by atoms with van der Waals surface area (Å²) in [6.07, 6.45) is 3.99. The molecule has 1 N–H and O–H groups in total. The van der Waals surface area contributed by atoms with Crippen molar-refractivity contribution >= 4 is 12.2 Å². The Morgan fingerprint density at radius 1 is 1.50 bits per heavy atom. The first-order valence-corrected chi connectivity index (χ1v) is 4.59. The van der Waals surface area contributed by atoms with Crippen molar-refractivity contribution in [2.24, 2.45) is 7.05 Å². The van der Waals surface area contributed by atoms with Gasteiger partial charge in [-0.05, 0) is 18.8 Å². The van der Waals surface area contributed by atoms with Crippen molar-refractivity contribution in [3.8, 4) is 0 Å². The lowest BCUT2D eigenvalue weighted by Crippen LogP contribution is -2.19. The standard InChI is InChI=1S/C8H15N3S/c1-3-9-4-5-11-7-6-10(2)8(11)12/h6-7,9H,3-5H2,1-2H3. The van der Waals surface area contributed by atoms with Gasteiger partial charge in [0.2, 0.25) is 0 Å². The van der Waals surface area contributed by atoms with E-state index in [-0.39, 0.29) is 0 Å². The third-order valence-corrected chi connectivity index (χ3v) is 2.32. The number of likely N-dealkylation sites (N-methyl/N-ethyl adjacent to an activating group) is 1. The molecule has 0 fully saturated rings. The first kappa shape index (κ1) is 9.48. The number of hydrogen-bond acceptors (Lipinski definition) is 2. The summed E-state index contributed by atoms with van der Waals surface area (Å²) < 4.78 is 4.90. The first-order chi connectivity index (χ1) is 5.75. The minimum atomic E-state index is 0.882. The summed E-state index contributed by atoms with van der Waals surface area (Å²) in [5.74, 6) is 0. The fourth-order valence-electron chi connectivity index (χ4n) is 1.06. The fourth-order valence-corrected chi connectivity index (χ4v) is 1.27. The molecule has 0 radical (unpaired) electrons. The van der Waals surface area contributed by atoms with Crippen LogP contribution in [0.2, 0.25) is 0 Å². The summed E-state index contributed by atoms with van der Waals surface area (Å²) in [4.78, 5) is 0. The van der Waals surface area contributed by atoms with Crippen LogP contribution >= 0.6 is 12.2 Å². The van der Waals surface area contributed by atoms with Crippen molar-refractivity contribution in [1.29, 1.82) is 0 Å². The molecule has 68 valence electrons. The van der Waals surface area contributed by atoms with E-state index in [1.807, 2.05) is 24.0 Å². The summed E-state index contributed by atoms with van der Waals surface area (Å²) >= 11 is 5.17. The molecule has 0 saturated carbocycles. The Morgan fingerprint density at radius 3 is 2.75 bits per heavy atom. The molecule has 1 aromatic heterocycles. The number of rotatable bonds is 4. The molecule has 4 heteroatoms. The Hall–Kier alpha value is -0.610. The van der Waals surface area contributed by atoms with Gasteiger partial charge >= 0.3 is 0 Å². The van der Waals surface area contributed by atoms with Gasteiger partial charge in [0.1, 0.15) is 0 Å². The molecule has 3 nitrogen and oxygen atoms in total. The normalized spacial score (nSPS) is 10.5. The van der Waals surface area contributed by atoms with Crippen molar-refractivity contribution in [1.82, 2.24) is 14.5 Å². The van der Waals surface area contributed by atoms with E-state index in [2.05, 4.69) is 16.8 Å². The highest BCUT2D eigenvalue weighted by molar-refractivity contribution is 7.71. The predicted octanol–water partition coefficient (Wildman–Crippen LogP) is 1.17. The summed E-state index contributed by atoms with van der Waals surface area (Å²) in [5, 5.41) is 3.26. The van der Waals surface area contributed by atoms with Gasteiger partial charge in [-0.2, -0.15) is 0 Å². The van der Waals surface area contributed by atoms with Crippen molar-refractivity contribution in [2.75, 3.05) is 13.1 Å². The van der Waals surface area contributed by atoms with Gasteiger partial charge in [0.15, 0.2) is 4.77 Å². The molecular weight excluding hydrogens is 170 g/mol. The van der Waals surface area contributed by atoms with Crippen LogP contribution in [0.3, 0.4) is 0 Å².